The second-order valence-corrected chi connectivity index (χ2v) is 4.92. The Balaban J connectivity index is 2.61. The molecule has 3 amide bonds. The SMILES string of the molecule is CCOC(=O)CC1CC(NC(=O)OCC)CN(C(N)=O)C1. The summed E-state index contributed by atoms with van der Waals surface area (Å²) in [6.45, 7) is 4.72. The van der Waals surface area contributed by atoms with Gasteiger partial charge in [-0.15, -0.1) is 0 Å². The molecule has 3 N–H and O–H groups in total. The Hall–Kier alpha value is -1.99. The molecule has 0 aromatic rings. The number of nitrogens with one attached hydrogen (secondary N) is 1. The van der Waals surface area contributed by atoms with Gasteiger partial charge < -0.3 is 25.4 Å². The Kier molecular flexibility index (Phi) is 6.77. The molecular formula is C13H23N3O5. The van der Waals surface area contributed by atoms with Crippen molar-refractivity contribution in [2.75, 3.05) is 26.3 Å². The van der Waals surface area contributed by atoms with Crippen molar-refractivity contribution in [1.29, 1.82) is 0 Å². The summed E-state index contributed by atoms with van der Waals surface area (Å²) in [5, 5.41) is 2.68. The molecule has 0 saturated carbocycles. The number of carbonyl (C=O) groups is 3. The van der Waals surface area contributed by atoms with Crippen LogP contribution in [-0.4, -0.2) is 55.3 Å². The van der Waals surface area contributed by atoms with Gasteiger partial charge in [-0.3, -0.25) is 4.79 Å². The van der Waals surface area contributed by atoms with Gasteiger partial charge in [-0.25, -0.2) is 9.59 Å². The van der Waals surface area contributed by atoms with Gasteiger partial charge in [0.25, 0.3) is 0 Å². The van der Waals surface area contributed by atoms with E-state index < -0.39 is 12.1 Å². The molecular weight excluding hydrogens is 278 g/mol. The van der Waals surface area contributed by atoms with E-state index in [2.05, 4.69) is 5.32 Å². The third-order valence-electron chi connectivity index (χ3n) is 3.21. The maximum absolute atomic E-state index is 11.6. The molecule has 8 heteroatoms. The zero-order valence-corrected chi connectivity index (χ0v) is 12.5. The number of carbonyl (C=O) groups excluding carboxylic acids is 3. The minimum absolute atomic E-state index is 0.0998. The molecule has 8 nitrogen and oxygen atoms in total. The molecule has 0 aromatic heterocycles. The molecule has 1 aliphatic heterocycles. The molecule has 0 bridgehead atoms. The molecule has 1 heterocycles. The van der Waals surface area contributed by atoms with E-state index in [1.54, 1.807) is 13.8 Å². The summed E-state index contributed by atoms with van der Waals surface area (Å²) in [6, 6.07) is -0.857. The fraction of sp³-hybridized carbons (Fsp3) is 0.769. The maximum atomic E-state index is 11.6. The van der Waals surface area contributed by atoms with E-state index in [-0.39, 0.29) is 31.0 Å². The predicted octanol–water partition coefficient (Wildman–Crippen LogP) is 0.455. The van der Waals surface area contributed by atoms with E-state index in [0.29, 0.717) is 26.1 Å². The first-order valence-electron chi connectivity index (χ1n) is 7.09. The number of urea groups is 1. The van der Waals surface area contributed by atoms with Gasteiger partial charge in [0.05, 0.1) is 25.7 Å². The number of ether oxygens (including phenoxy) is 2. The number of likely N-dealkylation sites (tertiary alicyclic amines) is 1. The monoisotopic (exact) mass is 301 g/mol. The van der Waals surface area contributed by atoms with E-state index in [9.17, 15) is 14.4 Å². The number of alkyl carbamates (subject to hydrolysis) is 1. The van der Waals surface area contributed by atoms with Crippen molar-refractivity contribution in [3.63, 3.8) is 0 Å². The van der Waals surface area contributed by atoms with Gasteiger partial charge in [-0.2, -0.15) is 0 Å². The summed E-state index contributed by atoms with van der Waals surface area (Å²) in [6.07, 6.45) is 0.226. The van der Waals surface area contributed by atoms with E-state index in [0.717, 1.165) is 0 Å². The normalized spacial score (nSPS) is 21.5. The fourth-order valence-electron chi connectivity index (χ4n) is 2.43. The van der Waals surface area contributed by atoms with Crippen LogP contribution in [0.4, 0.5) is 9.59 Å². The zero-order valence-electron chi connectivity index (χ0n) is 12.5. The number of amides is 3. The average molecular weight is 301 g/mol. The highest BCUT2D eigenvalue weighted by molar-refractivity contribution is 5.73. The minimum Gasteiger partial charge on any atom is -0.466 e. The van der Waals surface area contributed by atoms with Gasteiger partial charge in [0.2, 0.25) is 0 Å². The Labute approximate surface area is 123 Å². The first-order chi connectivity index (χ1) is 9.96. The van der Waals surface area contributed by atoms with Crippen LogP contribution >= 0.6 is 0 Å². The number of hydrogen-bond donors (Lipinski definition) is 2. The van der Waals surface area contributed by atoms with E-state index in [1.165, 1.54) is 4.90 Å². The molecule has 0 aliphatic carbocycles. The van der Waals surface area contributed by atoms with Crippen LogP contribution in [0.25, 0.3) is 0 Å². The van der Waals surface area contributed by atoms with Gasteiger partial charge in [0, 0.05) is 13.1 Å². The number of esters is 1. The van der Waals surface area contributed by atoms with E-state index in [1.807, 2.05) is 0 Å². The van der Waals surface area contributed by atoms with Crippen molar-refractivity contribution in [2.45, 2.75) is 32.7 Å². The van der Waals surface area contributed by atoms with Crippen LogP contribution in [0.15, 0.2) is 0 Å². The number of hydrogen-bond acceptors (Lipinski definition) is 5. The van der Waals surface area contributed by atoms with Crippen molar-refractivity contribution in [1.82, 2.24) is 10.2 Å². The highest BCUT2D eigenvalue weighted by atomic mass is 16.5. The fourth-order valence-corrected chi connectivity index (χ4v) is 2.43. The van der Waals surface area contributed by atoms with Crippen LogP contribution in [-0.2, 0) is 14.3 Å². The van der Waals surface area contributed by atoms with E-state index >= 15 is 0 Å². The number of primary amides is 1. The van der Waals surface area contributed by atoms with E-state index in [4.69, 9.17) is 15.2 Å². The Morgan fingerprint density at radius 3 is 2.43 bits per heavy atom. The highest BCUT2D eigenvalue weighted by Gasteiger charge is 2.31. The molecule has 2 unspecified atom stereocenters. The van der Waals surface area contributed by atoms with Crippen molar-refractivity contribution in [3.05, 3.63) is 0 Å². The first-order valence-corrected chi connectivity index (χ1v) is 7.09. The third-order valence-corrected chi connectivity index (χ3v) is 3.21. The van der Waals surface area contributed by atoms with Gasteiger partial charge >= 0.3 is 18.1 Å². The Bertz CT molecular complexity index is 360. The van der Waals surface area contributed by atoms with Crippen LogP contribution in [0.3, 0.4) is 0 Å². The van der Waals surface area contributed by atoms with Crippen molar-refractivity contribution < 1.29 is 23.9 Å². The maximum Gasteiger partial charge on any atom is 0.407 e. The smallest absolute Gasteiger partial charge is 0.407 e. The summed E-state index contributed by atoms with van der Waals surface area (Å²) in [4.78, 5) is 35.8. The number of piperidine rings is 1. The number of rotatable bonds is 5. The summed E-state index contributed by atoms with van der Waals surface area (Å²) >= 11 is 0. The summed E-state index contributed by atoms with van der Waals surface area (Å²) in [5.74, 6) is -0.416. The lowest BCUT2D eigenvalue weighted by atomic mass is 9.91. The van der Waals surface area contributed by atoms with Gasteiger partial charge in [0.15, 0.2) is 0 Å². The summed E-state index contributed by atoms with van der Waals surface area (Å²) in [7, 11) is 0. The molecule has 1 rings (SSSR count). The molecule has 0 aromatic carbocycles. The predicted molar refractivity (Wildman–Crippen MR) is 74.5 cm³/mol. The number of nitrogens with zero attached hydrogens (tertiary/aromatic N) is 1. The standard InChI is InChI=1S/C13H23N3O5/c1-3-20-11(17)6-9-5-10(15-13(19)21-4-2)8-16(7-9)12(14)18/h9-10H,3-8H2,1-2H3,(H2,14,18)(H,15,19). The lowest BCUT2D eigenvalue weighted by Gasteiger charge is -2.36. The molecule has 1 saturated heterocycles. The van der Waals surface area contributed by atoms with Crippen molar-refractivity contribution >= 4 is 18.1 Å². The molecule has 0 radical (unpaired) electrons. The van der Waals surface area contributed by atoms with Crippen molar-refractivity contribution in [3.8, 4) is 0 Å². The third kappa shape index (κ3) is 5.88. The summed E-state index contributed by atoms with van der Waals surface area (Å²) < 4.78 is 9.73. The second-order valence-electron chi connectivity index (χ2n) is 4.92. The van der Waals surface area contributed by atoms with Crippen molar-refractivity contribution in [2.24, 2.45) is 11.7 Å². The molecule has 21 heavy (non-hydrogen) atoms. The second kappa shape index (κ2) is 8.33. The molecule has 1 aliphatic rings. The highest BCUT2D eigenvalue weighted by Crippen LogP contribution is 2.20. The number of nitrogens with two attached hydrogens (primary N) is 1. The lowest BCUT2D eigenvalue weighted by molar-refractivity contribution is -0.144. The summed E-state index contributed by atoms with van der Waals surface area (Å²) in [5.41, 5.74) is 5.30. The van der Waals surface area contributed by atoms with Gasteiger partial charge in [0.1, 0.15) is 0 Å². The van der Waals surface area contributed by atoms with Crippen LogP contribution < -0.4 is 11.1 Å². The van der Waals surface area contributed by atoms with Crippen LogP contribution in [0, 0.1) is 5.92 Å². The Morgan fingerprint density at radius 2 is 1.86 bits per heavy atom. The quantitative estimate of drug-likeness (QED) is 0.716. The zero-order chi connectivity index (χ0) is 15.8. The van der Waals surface area contributed by atoms with Gasteiger partial charge in [-0.1, -0.05) is 0 Å². The van der Waals surface area contributed by atoms with Crippen LogP contribution in [0.5, 0.6) is 0 Å². The Morgan fingerprint density at radius 1 is 1.19 bits per heavy atom. The van der Waals surface area contributed by atoms with Crippen LogP contribution in [0.2, 0.25) is 0 Å². The van der Waals surface area contributed by atoms with Gasteiger partial charge in [-0.05, 0) is 26.2 Å². The lowest BCUT2D eigenvalue weighted by Crippen LogP contribution is -2.54. The molecule has 1 fully saturated rings. The minimum atomic E-state index is -0.570. The largest absolute Gasteiger partial charge is 0.466 e. The molecule has 120 valence electrons. The average Bonchev–Trinajstić information content (AvgIpc) is 2.38. The van der Waals surface area contributed by atoms with Crippen LogP contribution in [0.1, 0.15) is 26.7 Å². The topological polar surface area (TPSA) is 111 Å². The molecule has 0 spiro atoms. The molecule has 2 atom stereocenters. The first kappa shape index (κ1) is 17.1.